The Morgan fingerprint density at radius 1 is 1.04 bits per heavy atom. The quantitative estimate of drug-likeness (QED) is 0.754. The topological polar surface area (TPSA) is 88.4 Å². The van der Waals surface area contributed by atoms with Crippen molar-refractivity contribution in [2.24, 2.45) is 5.92 Å². The summed E-state index contributed by atoms with van der Waals surface area (Å²) in [4.78, 5) is 24.4. The summed E-state index contributed by atoms with van der Waals surface area (Å²) in [5.41, 5.74) is 1.35. The van der Waals surface area contributed by atoms with E-state index in [0.717, 1.165) is 0 Å². The van der Waals surface area contributed by atoms with Gasteiger partial charge in [0.15, 0.2) is 6.10 Å². The molecular weight excluding hydrogens is 344 g/mol. The summed E-state index contributed by atoms with van der Waals surface area (Å²) >= 11 is 0. The van der Waals surface area contributed by atoms with E-state index in [0.29, 0.717) is 35.1 Å². The van der Waals surface area contributed by atoms with Crippen LogP contribution < -0.4 is 10.1 Å². The Hall–Kier alpha value is -3.33. The fourth-order valence-corrected chi connectivity index (χ4v) is 2.10. The van der Waals surface area contributed by atoms with Crippen molar-refractivity contribution in [3.05, 3.63) is 59.7 Å². The highest BCUT2D eigenvalue weighted by molar-refractivity contribution is 5.97. The van der Waals surface area contributed by atoms with Gasteiger partial charge in [0.1, 0.15) is 5.75 Å². The second kappa shape index (κ2) is 9.39. The largest absolute Gasteiger partial charge is 0.493 e. The maximum Gasteiger partial charge on any atom is 0.338 e. The van der Waals surface area contributed by atoms with Gasteiger partial charge in [-0.15, -0.1) is 0 Å². The molecule has 0 spiro atoms. The molecule has 0 bridgehead atoms. The number of benzene rings is 2. The van der Waals surface area contributed by atoms with Crippen LogP contribution in [0, 0.1) is 17.2 Å². The molecule has 0 heterocycles. The Labute approximate surface area is 158 Å². The van der Waals surface area contributed by atoms with Crippen LogP contribution in [0.2, 0.25) is 0 Å². The highest BCUT2D eigenvalue weighted by Gasteiger charge is 2.19. The molecule has 0 saturated carbocycles. The van der Waals surface area contributed by atoms with Gasteiger partial charge in [-0.3, -0.25) is 4.79 Å². The number of carbonyl (C=O) groups excluding carboxylic acids is 2. The number of nitriles is 1. The molecule has 2 aromatic carbocycles. The molecule has 0 aromatic heterocycles. The first kappa shape index (κ1) is 20.0. The molecule has 6 heteroatoms. The van der Waals surface area contributed by atoms with E-state index in [1.54, 1.807) is 48.5 Å². The van der Waals surface area contributed by atoms with Crippen molar-refractivity contribution in [1.29, 1.82) is 5.26 Å². The van der Waals surface area contributed by atoms with Crippen LogP contribution in [0.1, 0.15) is 36.7 Å². The number of hydrogen-bond acceptors (Lipinski definition) is 5. The van der Waals surface area contributed by atoms with Gasteiger partial charge in [0.05, 0.1) is 23.8 Å². The van der Waals surface area contributed by atoms with Crippen LogP contribution in [-0.4, -0.2) is 24.6 Å². The molecular formula is C21H22N2O4. The van der Waals surface area contributed by atoms with Crippen LogP contribution in [0.15, 0.2) is 48.5 Å². The summed E-state index contributed by atoms with van der Waals surface area (Å²) in [6.07, 6.45) is -0.968. The molecule has 0 saturated heterocycles. The predicted molar refractivity (Wildman–Crippen MR) is 101 cm³/mol. The summed E-state index contributed by atoms with van der Waals surface area (Å²) in [7, 11) is 0. The van der Waals surface area contributed by atoms with Crippen molar-refractivity contribution in [2.45, 2.75) is 26.9 Å². The highest BCUT2D eigenvalue weighted by atomic mass is 16.5. The van der Waals surface area contributed by atoms with Crippen molar-refractivity contribution >= 4 is 17.6 Å². The van der Waals surface area contributed by atoms with E-state index >= 15 is 0 Å². The van der Waals surface area contributed by atoms with Gasteiger partial charge in [0.25, 0.3) is 5.91 Å². The molecule has 0 unspecified atom stereocenters. The van der Waals surface area contributed by atoms with Crippen molar-refractivity contribution in [1.82, 2.24) is 0 Å². The van der Waals surface area contributed by atoms with Gasteiger partial charge in [-0.25, -0.2) is 4.79 Å². The van der Waals surface area contributed by atoms with Crippen LogP contribution in [0.4, 0.5) is 5.69 Å². The maximum absolute atomic E-state index is 12.2. The summed E-state index contributed by atoms with van der Waals surface area (Å²) in [5, 5.41) is 11.4. The molecule has 0 aliphatic carbocycles. The third kappa shape index (κ3) is 6.15. The van der Waals surface area contributed by atoms with Gasteiger partial charge in [0, 0.05) is 5.69 Å². The van der Waals surface area contributed by atoms with Crippen molar-refractivity contribution < 1.29 is 19.1 Å². The number of nitrogens with one attached hydrogen (secondary N) is 1. The molecule has 1 atom stereocenters. The first-order chi connectivity index (χ1) is 12.9. The monoisotopic (exact) mass is 366 g/mol. The minimum absolute atomic E-state index is 0.338. The van der Waals surface area contributed by atoms with Crippen molar-refractivity contribution in [3.63, 3.8) is 0 Å². The van der Waals surface area contributed by atoms with E-state index < -0.39 is 18.0 Å². The highest BCUT2D eigenvalue weighted by Crippen LogP contribution is 2.15. The molecule has 1 amide bonds. The van der Waals surface area contributed by atoms with Gasteiger partial charge >= 0.3 is 5.97 Å². The summed E-state index contributed by atoms with van der Waals surface area (Å²) < 4.78 is 10.8. The summed E-state index contributed by atoms with van der Waals surface area (Å²) in [5.74, 6) is 0.0369. The first-order valence-corrected chi connectivity index (χ1v) is 8.64. The SMILES string of the molecule is CC(C)COc1ccc(C(=O)O[C@H](C)C(=O)Nc2ccc(C#N)cc2)cc1. The number of nitrogens with zero attached hydrogens (tertiary/aromatic N) is 1. The third-order valence-corrected chi connectivity index (χ3v) is 3.61. The lowest BCUT2D eigenvalue weighted by atomic mass is 10.2. The van der Waals surface area contributed by atoms with E-state index in [1.165, 1.54) is 6.92 Å². The van der Waals surface area contributed by atoms with E-state index in [4.69, 9.17) is 14.7 Å². The molecule has 0 radical (unpaired) electrons. The van der Waals surface area contributed by atoms with Crippen LogP contribution >= 0.6 is 0 Å². The average Bonchev–Trinajstić information content (AvgIpc) is 2.67. The Kier molecular flexibility index (Phi) is 6.95. The van der Waals surface area contributed by atoms with Gasteiger partial charge < -0.3 is 14.8 Å². The summed E-state index contributed by atoms with van der Waals surface area (Å²) in [6.45, 7) is 6.19. The molecule has 1 N–H and O–H groups in total. The number of hydrogen-bond donors (Lipinski definition) is 1. The van der Waals surface area contributed by atoms with Crippen LogP contribution in [0.25, 0.3) is 0 Å². The zero-order valence-corrected chi connectivity index (χ0v) is 15.6. The zero-order chi connectivity index (χ0) is 19.8. The second-order valence-corrected chi connectivity index (χ2v) is 6.46. The normalized spacial score (nSPS) is 11.4. The number of esters is 1. The lowest BCUT2D eigenvalue weighted by Crippen LogP contribution is -2.30. The maximum atomic E-state index is 12.2. The molecule has 140 valence electrons. The Balaban J connectivity index is 1.89. The molecule has 0 aliphatic rings. The Morgan fingerprint density at radius 2 is 1.67 bits per heavy atom. The molecule has 6 nitrogen and oxygen atoms in total. The number of anilines is 1. The minimum atomic E-state index is -0.968. The van der Waals surface area contributed by atoms with E-state index in [-0.39, 0.29) is 0 Å². The molecule has 0 aliphatic heterocycles. The number of ether oxygens (including phenoxy) is 2. The molecule has 2 rings (SSSR count). The second-order valence-electron chi connectivity index (χ2n) is 6.46. The third-order valence-electron chi connectivity index (χ3n) is 3.61. The standard InChI is InChI=1S/C21H22N2O4/c1-14(2)13-26-19-10-6-17(7-11-19)21(25)27-15(3)20(24)23-18-8-4-16(12-22)5-9-18/h4-11,14-15H,13H2,1-3H3,(H,23,24)/t15-/m1/s1. The van der Waals surface area contributed by atoms with E-state index in [2.05, 4.69) is 19.2 Å². The van der Waals surface area contributed by atoms with Crippen LogP contribution in [0.5, 0.6) is 5.75 Å². The van der Waals surface area contributed by atoms with Gasteiger partial charge in [-0.1, -0.05) is 13.8 Å². The first-order valence-electron chi connectivity index (χ1n) is 8.64. The van der Waals surface area contributed by atoms with Gasteiger partial charge in [0.2, 0.25) is 0 Å². The van der Waals surface area contributed by atoms with Crippen molar-refractivity contribution in [2.75, 3.05) is 11.9 Å². The lowest BCUT2D eigenvalue weighted by Gasteiger charge is -2.14. The fourth-order valence-electron chi connectivity index (χ4n) is 2.10. The van der Waals surface area contributed by atoms with E-state index in [9.17, 15) is 9.59 Å². The zero-order valence-electron chi connectivity index (χ0n) is 15.6. The fraction of sp³-hybridized carbons (Fsp3) is 0.286. The number of carbonyl (C=O) groups is 2. The lowest BCUT2D eigenvalue weighted by molar-refractivity contribution is -0.123. The number of amides is 1. The molecule has 2 aromatic rings. The molecule has 0 fully saturated rings. The Bertz CT molecular complexity index is 821. The summed E-state index contributed by atoms with van der Waals surface area (Å²) in [6, 6.07) is 15.0. The van der Waals surface area contributed by atoms with E-state index in [1.807, 2.05) is 6.07 Å². The average molecular weight is 366 g/mol. The van der Waals surface area contributed by atoms with Gasteiger partial charge in [-0.05, 0) is 61.4 Å². The molecule has 27 heavy (non-hydrogen) atoms. The minimum Gasteiger partial charge on any atom is -0.493 e. The van der Waals surface area contributed by atoms with Crippen molar-refractivity contribution in [3.8, 4) is 11.8 Å². The van der Waals surface area contributed by atoms with Crippen LogP contribution in [-0.2, 0) is 9.53 Å². The smallest absolute Gasteiger partial charge is 0.338 e. The van der Waals surface area contributed by atoms with Crippen LogP contribution in [0.3, 0.4) is 0 Å². The van der Waals surface area contributed by atoms with Gasteiger partial charge in [-0.2, -0.15) is 5.26 Å². The number of rotatable bonds is 7. The Morgan fingerprint density at radius 3 is 2.22 bits per heavy atom. The predicted octanol–water partition coefficient (Wildman–Crippen LogP) is 3.78.